The Kier molecular flexibility index (Phi) is 3.92. The molecular formula is C17H17FN6O3. The molecule has 3 aromatic rings. The minimum Gasteiger partial charge on any atom is -0.494 e. The van der Waals surface area contributed by atoms with Crippen molar-refractivity contribution in [2.45, 2.75) is 25.3 Å². The summed E-state index contributed by atoms with van der Waals surface area (Å²) in [5.74, 6) is 4.83. The van der Waals surface area contributed by atoms with Crippen LogP contribution in [-0.4, -0.2) is 26.2 Å². The van der Waals surface area contributed by atoms with Gasteiger partial charge in [-0.1, -0.05) is 0 Å². The van der Waals surface area contributed by atoms with Gasteiger partial charge in [0.2, 0.25) is 0 Å². The number of fused-ring (bicyclic) bond motifs is 1. The maximum atomic E-state index is 15.0. The average molecular weight is 372 g/mol. The number of methoxy groups -OCH3 is 1. The molecule has 0 radical (unpaired) electrons. The molecule has 140 valence electrons. The van der Waals surface area contributed by atoms with Gasteiger partial charge in [-0.25, -0.2) is 14.2 Å². The standard InChI is InChI=1S/C17H17FN6O3/c1-27-15-13(11-6-21-5-9(4-19)22-11)10(18)7-23-14(15)12(8-2-3-8)16(25)24(20)17(23)26/h5-8H,2-4,19-20H2,1H3. The Morgan fingerprint density at radius 1 is 1.33 bits per heavy atom. The Hall–Kier alpha value is -3.27. The van der Waals surface area contributed by atoms with Gasteiger partial charge >= 0.3 is 5.69 Å². The summed E-state index contributed by atoms with van der Waals surface area (Å²) in [4.78, 5) is 33.4. The lowest BCUT2D eigenvalue weighted by molar-refractivity contribution is 0.414. The van der Waals surface area contributed by atoms with Crippen LogP contribution in [0.2, 0.25) is 0 Å². The zero-order chi connectivity index (χ0) is 19.3. The second-order valence-electron chi connectivity index (χ2n) is 6.35. The molecule has 1 saturated carbocycles. The number of rotatable bonds is 4. The summed E-state index contributed by atoms with van der Waals surface area (Å²) in [5, 5.41) is 0. The van der Waals surface area contributed by atoms with E-state index in [1.807, 2.05) is 0 Å². The number of nitrogens with two attached hydrogens (primary N) is 2. The Labute approximate surface area is 152 Å². The van der Waals surface area contributed by atoms with Crippen LogP contribution in [0.5, 0.6) is 5.75 Å². The number of hydrogen-bond donors (Lipinski definition) is 2. The first kappa shape index (κ1) is 17.2. The van der Waals surface area contributed by atoms with E-state index >= 15 is 0 Å². The molecule has 1 aliphatic carbocycles. The first-order valence-electron chi connectivity index (χ1n) is 8.32. The summed E-state index contributed by atoms with van der Waals surface area (Å²) in [6.07, 6.45) is 5.39. The smallest absolute Gasteiger partial charge is 0.354 e. The van der Waals surface area contributed by atoms with Gasteiger partial charge in [0, 0.05) is 12.7 Å². The largest absolute Gasteiger partial charge is 0.494 e. The van der Waals surface area contributed by atoms with Gasteiger partial charge in [0.1, 0.15) is 5.52 Å². The van der Waals surface area contributed by atoms with E-state index in [-0.39, 0.29) is 35.0 Å². The van der Waals surface area contributed by atoms with Crippen LogP contribution in [0.15, 0.2) is 28.2 Å². The number of nitrogens with zero attached hydrogens (tertiary/aromatic N) is 4. The molecule has 9 nitrogen and oxygen atoms in total. The third-order valence-corrected chi connectivity index (χ3v) is 4.62. The predicted molar refractivity (Wildman–Crippen MR) is 95.5 cm³/mol. The zero-order valence-electron chi connectivity index (χ0n) is 14.5. The first-order valence-corrected chi connectivity index (χ1v) is 8.32. The quantitative estimate of drug-likeness (QED) is 0.622. The Balaban J connectivity index is 2.17. The fraction of sp³-hybridized carbons (Fsp3) is 0.294. The van der Waals surface area contributed by atoms with Crippen molar-refractivity contribution in [3.8, 4) is 17.0 Å². The van der Waals surface area contributed by atoms with Crippen LogP contribution < -0.4 is 27.6 Å². The van der Waals surface area contributed by atoms with Gasteiger partial charge in [-0.3, -0.25) is 14.2 Å². The molecule has 0 bridgehead atoms. The number of aromatic nitrogens is 4. The summed E-state index contributed by atoms with van der Waals surface area (Å²) >= 11 is 0. The van der Waals surface area contributed by atoms with Crippen LogP contribution in [0.3, 0.4) is 0 Å². The van der Waals surface area contributed by atoms with Crippen LogP contribution in [0.4, 0.5) is 4.39 Å². The Morgan fingerprint density at radius 3 is 2.70 bits per heavy atom. The SMILES string of the molecule is COc1c(-c2cncc(CN)n2)c(F)cn2c(=O)n(N)c(=O)c(C3CC3)c12. The van der Waals surface area contributed by atoms with Crippen LogP contribution in [0, 0.1) is 5.82 Å². The summed E-state index contributed by atoms with van der Waals surface area (Å²) in [6, 6.07) is 0. The van der Waals surface area contributed by atoms with Crippen molar-refractivity contribution >= 4 is 5.52 Å². The molecule has 0 aliphatic heterocycles. The molecule has 4 N–H and O–H groups in total. The van der Waals surface area contributed by atoms with E-state index in [2.05, 4.69) is 9.97 Å². The highest BCUT2D eigenvalue weighted by Gasteiger charge is 2.33. The molecule has 0 atom stereocenters. The summed E-state index contributed by atoms with van der Waals surface area (Å²) in [6.45, 7) is 0.128. The fourth-order valence-corrected chi connectivity index (χ4v) is 3.22. The molecule has 1 aliphatic rings. The van der Waals surface area contributed by atoms with Crippen molar-refractivity contribution in [3.05, 3.63) is 56.5 Å². The van der Waals surface area contributed by atoms with Crippen LogP contribution in [-0.2, 0) is 6.54 Å². The Morgan fingerprint density at radius 2 is 2.07 bits per heavy atom. The first-order chi connectivity index (χ1) is 13.0. The second-order valence-corrected chi connectivity index (χ2v) is 6.35. The van der Waals surface area contributed by atoms with Gasteiger partial charge in [0.25, 0.3) is 5.56 Å². The summed E-state index contributed by atoms with van der Waals surface area (Å²) < 4.78 is 21.9. The number of ether oxygens (including phenoxy) is 1. The molecular weight excluding hydrogens is 355 g/mol. The van der Waals surface area contributed by atoms with Gasteiger partial charge in [0.05, 0.1) is 42.0 Å². The molecule has 10 heteroatoms. The monoisotopic (exact) mass is 372 g/mol. The maximum Gasteiger partial charge on any atom is 0.354 e. The lowest BCUT2D eigenvalue weighted by atomic mass is 10.1. The molecule has 27 heavy (non-hydrogen) atoms. The van der Waals surface area contributed by atoms with Crippen molar-refractivity contribution in [2.24, 2.45) is 5.73 Å². The van der Waals surface area contributed by atoms with E-state index in [9.17, 15) is 14.0 Å². The van der Waals surface area contributed by atoms with E-state index in [4.69, 9.17) is 16.3 Å². The highest BCUT2D eigenvalue weighted by atomic mass is 19.1. The Bertz CT molecular complexity index is 1180. The minimum atomic E-state index is -0.857. The molecule has 1 fully saturated rings. The molecule has 0 unspecified atom stereocenters. The normalized spacial score (nSPS) is 13.9. The number of nitrogen functional groups attached to an aromatic ring is 1. The van der Waals surface area contributed by atoms with Crippen LogP contribution >= 0.6 is 0 Å². The van der Waals surface area contributed by atoms with E-state index in [1.165, 1.54) is 19.5 Å². The van der Waals surface area contributed by atoms with Crippen molar-refractivity contribution in [1.82, 2.24) is 19.0 Å². The highest BCUT2D eigenvalue weighted by Crippen LogP contribution is 2.44. The van der Waals surface area contributed by atoms with Crippen molar-refractivity contribution in [1.29, 1.82) is 0 Å². The third-order valence-electron chi connectivity index (χ3n) is 4.62. The molecule has 4 rings (SSSR count). The van der Waals surface area contributed by atoms with E-state index in [0.29, 0.717) is 15.9 Å². The highest BCUT2D eigenvalue weighted by molar-refractivity contribution is 5.80. The van der Waals surface area contributed by atoms with E-state index < -0.39 is 17.1 Å². The zero-order valence-corrected chi connectivity index (χ0v) is 14.5. The van der Waals surface area contributed by atoms with Gasteiger partial charge in [0.15, 0.2) is 11.6 Å². The lowest BCUT2D eigenvalue weighted by Gasteiger charge is -2.16. The van der Waals surface area contributed by atoms with Gasteiger partial charge in [-0.2, -0.15) is 4.68 Å². The molecule has 0 aromatic carbocycles. The molecule has 0 amide bonds. The third kappa shape index (κ3) is 2.56. The average Bonchev–Trinajstić information content (AvgIpc) is 3.51. The van der Waals surface area contributed by atoms with Crippen molar-refractivity contribution in [3.63, 3.8) is 0 Å². The molecule has 0 saturated heterocycles. The molecule has 0 spiro atoms. The van der Waals surface area contributed by atoms with Gasteiger partial charge in [-0.05, 0) is 18.8 Å². The number of halogens is 1. The molecule has 3 aromatic heterocycles. The van der Waals surface area contributed by atoms with Gasteiger partial charge < -0.3 is 16.3 Å². The summed E-state index contributed by atoms with van der Waals surface area (Å²) in [5.41, 5.74) is 5.33. The van der Waals surface area contributed by atoms with Crippen LogP contribution in [0.25, 0.3) is 16.8 Å². The van der Waals surface area contributed by atoms with E-state index in [1.54, 1.807) is 0 Å². The maximum absolute atomic E-state index is 15.0. The van der Waals surface area contributed by atoms with Gasteiger partial charge in [-0.15, -0.1) is 0 Å². The number of hydrogen-bond acceptors (Lipinski definition) is 7. The number of pyridine rings is 1. The topological polar surface area (TPSA) is 131 Å². The van der Waals surface area contributed by atoms with E-state index in [0.717, 1.165) is 23.4 Å². The van der Waals surface area contributed by atoms with Crippen LogP contribution in [0.1, 0.15) is 30.0 Å². The second kappa shape index (κ2) is 6.16. The lowest BCUT2D eigenvalue weighted by Crippen LogP contribution is -2.44. The fourth-order valence-electron chi connectivity index (χ4n) is 3.22. The molecule has 3 heterocycles. The van der Waals surface area contributed by atoms with Crippen molar-refractivity contribution in [2.75, 3.05) is 13.0 Å². The van der Waals surface area contributed by atoms with Crippen molar-refractivity contribution < 1.29 is 9.13 Å². The minimum absolute atomic E-state index is 0.00997. The summed E-state index contributed by atoms with van der Waals surface area (Å²) in [7, 11) is 1.34. The predicted octanol–water partition coefficient (Wildman–Crippen LogP) is 0.116.